The van der Waals surface area contributed by atoms with Gasteiger partial charge in [0.2, 0.25) is 0 Å². The summed E-state index contributed by atoms with van der Waals surface area (Å²) in [4.78, 5) is 42.7. The van der Waals surface area contributed by atoms with E-state index in [2.05, 4.69) is 30.5 Å². The number of hydrogen-bond acceptors (Lipinski definition) is 6. The van der Waals surface area contributed by atoms with E-state index in [4.69, 9.17) is 19.3 Å². The van der Waals surface area contributed by atoms with Gasteiger partial charge in [-0.2, -0.15) is 0 Å². The van der Waals surface area contributed by atoms with Crippen LogP contribution < -0.4 is 0 Å². The molecule has 0 radical (unpaired) electrons. The number of allylic oxidation sites excluding steroid dienone is 2. The molecular weight excluding hydrogens is 627 g/mol. The van der Waals surface area contributed by atoms with Gasteiger partial charge in [-0.1, -0.05) is 167 Å². The van der Waals surface area contributed by atoms with Gasteiger partial charge in [0.05, 0.1) is 6.61 Å². The average molecular weight is 703 g/mol. The molecule has 0 aromatic rings. The van der Waals surface area contributed by atoms with Gasteiger partial charge in [-0.05, 0) is 38.5 Å². The Hall–Kier alpha value is -1.21. The van der Waals surface area contributed by atoms with Crippen molar-refractivity contribution in [3.63, 3.8) is 0 Å². The van der Waals surface area contributed by atoms with Crippen LogP contribution in [0.25, 0.3) is 0 Å². The average Bonchev–Trinajstić information content (AvgIpc) is 3.05. The predicted molar refractivity (Wildman–Crippen MR) is 198 cm³/mol. The second-order valence-electron chi connectivity index (χ2n) is 13.6. The second kappa shape index (κ2) is 35.6. The molecule has 0 aromatic heterocycles. The monoisotopic (exact) mass is 703 g/mol. The van der Waals surface area contributed by atoms with Crippen molar-refractivity contribution in [3.8, 4) is 0 Å². The van der Waals surface area contributed by atoms with Gasteiger partial charge in [0.1, 0.15) is 6.61 Å². The normalized spacial score (nSPS) is 12.5. The van der Waals surface area contributed by atoms with Gasteiger partial charge < -0.3 is 19.3 Å². The number of hydrogen-bond donors (Lipinski definition) is 2. The van der Waals surface area contributed by atoms with Crippen LogP contribution in [0.5, 0.6) is 0 Å². The van der Waals surface area contributed by atoms with Crippen LogP contribution in [-0.4, -0.2) is 41.0 Å². The van der Waals surface area contributed by atoms with Gasteiger partial charge in [0.25, 0.3) is 0 Å². The minimum atomic E-state index is -4.74. The van der Waals surface area contributed by atoms with E-state index in [9.17, 15) is 14.2 Å². The minimum absolute atomic E-state index is 0.216. The summed E-state index contributed by atoms with van der Waals surface area (Å²) < 4.78 is 26.3. The van der Waals surface area contributed by atoms with Crippen molar-refractivity contribution in [2.45, 2.75) is 213 Å². The zero-order chi connectivity index (χ0) is 35.4. The van der Waals surface area contributed by atoms with E-state index in [-0.39, 0.29) is 19.4 Å². The summed E-state index contributed by atoms with van der Waals surface area (Å²) in [6.07, 6.45) is 37.9. The largest absolute Gasteiger partial charge is 0.469 e. The van der Waals surface area contributed by atoms with Gasteiger partial charge in [-0.15, -0.1) is 0 Å². The molecule has 284 valence electrons. The molecular formula is C39H75O8P. The topological polar surface area (TPSA) is 119 Å². The molecule has 0 aromatic carbocycles. The molecule has 0 amide bonds. The first-order valence-electron chi connectivity index (χ1n) is 20.0. The van der Waals surface area contributed by atoms with Crippen LogP contribution in [0.15, 0.2) is 12.2 Å². The first-order valence-corrected chi connectivity index (χ1v) is 21.5. The molecule has 48 heavy (non-hydrogen) atoms. The Balaban J connectivity index is 3.91. The highest BCUT2D eigenvalue weighted by Crippen LogP contribution is 2.36. The van der Waals surface area contributed by atoms with Crippen LogP contribution in [0.3, 0.4) is 0 Å². The number of phosphoric acid groups is 1. The molecule has 9 heteroatoms. The Morgan fingerprint density at radius 1 is 0.521 bits per heavy atom. The molecule has 0 saturated carbocycles. The van der Waals surface area contributed by atoms with E-state index in [0.717, 1.165) is 51.4 Å². The van der Waals surface area contributed by atoms with Crippen molar-refractivity contribution in [2.24, 2.45) is 0 Å². The highest BCUT2D eigenvalue weighted by molar-refractivity contribution is 7.46. The lowest BCUT2D eigenvalue weighted by atomic mass is 10.0. The molecule has 0 saturated heterocycles. The first-order chi connectivity index (χ1) is 23.3. The van der Waals surface area contributed by atoms with E-state index in [0.29, 0.717) is 6.42 Å². The molecule has 2 N–H and O–H groups in total. The maximum atomic E-state index is 12.4. The molecule has 0 unspecified atom stereocenters. The molecule has 0 spiro atoms. The summed E-state index contributed by atoms with van der Waals surface area (Å²) in [5, 5.41) is 0. The zero-order valence-corrected chi connectivity index (χ0v) is 32.0. The van der Waals surface area contributed by atoms with Crippen LogP contribution in [0, 0.1) is 0 Å². The van der Waals surface area contributed by atoms with E-state index in [1.807, 2.05) is 0 Å². The number of esters is 2. The smallest absolute Gasteiger partial charge is 0.462 e. The molecule has 0 aliphatic carbocycles. The molecule has 0 bridgehead atoms. The highest BCUT2D eigenvalue weighted by atomic mass is 31.2. The summed E-state index contributed by atoms with van der Waals surface area (Å²) in [6.45, 7) is 3.68. The summed E-state index contributed by atoms with van der Waals surface area (Å²) in [5.41, 5.74) is 0. The third-order valence-electron chi connectivity index (χ3n) is 8.78. The molecule has 1 atom stereocenters. The Kier molecular flexibility index (Phi) is 34.7. The van der Waals surface area contributed by atoms with Crippen molar-refractivity contribution in [3.05, 3.63) is 12.2 Å². The summed E-state index contributed by atoms with van der Waals surface area (Å²) in [6, 6.07) is 0. The van der Waals surface area contributed by atoms with E-state index in [1.54, 1.807) is 0 Å². The molecule has 8 nitrogen and oxygen atoms in total. The third kappa shape index (κ3) is 37.6. The Bertz CT molecular complexity index is 797. The summed E-state index contributed by atoms with van der Waals surface area (Å²) >= 11 is 0. The molecule has 0 heterocycles. The van der Waals surface area contributed by atoms with Gasteiger partial charge in [-0.25, -0.2) is 4.57 Å². The van der Waals surface area contributed by atoms with E-state index >= 15 is 0 Å². The summed E-state index contributed by atoms with van der Waals surface area (Å²) in [7, 11) is -4.74. The maximum Gasteiger partial charge on any atom is 0.469 e. The Morgan fingerprint density at radius 3 is 1.27 bits per heavy atom. The minimum Gasteiger partial charge on any atom is -0.462 e. The molecule has 0 fully saturated rings. The van der Waals surface area contributed by atoms with Crippen molar-refractivity contribution in [2.75, 3.05) is 13.2 Å². The van der Waals surface area contributed by atoms with Crippen molar-refractivity contribution in [1.29, 1.82) is 0 Å². The number of ether oxygens (including phenoxy) is 2. The number of carbonyl (C=O) groups is 2. The van der Waals surface area contributed by atoms with Gasteiger partial charge in [0.15, 0.2) is 6.10 Å². The van der Waals surface area contributed by atoms with Crippen molar-refractivity contribution < 1.29 is 37.9 Å². The lowest BCUT2D eigenvalue weighted by Gasteiger charge is -2.18. The van der Waals surface area contributed by atoms with Crippen LogP contribution >= 0.6 is 7.82 Å². The fourth-order valence-electron chi connectivity index (χ4n) is 5.78. The van der Waals surface area contributed by atoms with E-state index in [1.165, 1.54) is 122 Å². The maximum absolute atomic E-state index is 12.4. The number of unbranched alkanes of at least 4 members (excludes halogenated alkanes) is 25. The fraction of sp³-hybridized carbons (Fsp3) is 0.897. The zero-order valence-electron chi connectivity index (χ0n) is 31.2. The highest BCUT2D eigenvalue weighted by Gasteiger charge is 2.22. The number of rotatable bonds is 37. The second-order valence-corrected chi connectivity index (χ2v) is 14.9. The molecule has 0 rings (SSSR count). The number of phosphoric ester groups is 1. The molecule has 0 aliphatic heterocycles. The lowest BCUT2D eigenvalue weighted by Crippen LogP contribution is -2.29. The number of carbonyl (C=O) groups excluding carboxylic acids is 2. The third-order valence-corrected chi connectivity index (χ3v) is 9.27. The van der Waals surface area contributed by atoms with Crippen LogP contribution in [0.1, 0.15) is 206 Å². The molecule has 0 aliphatic rings. The van der Waals surface area contributed by atoms with Gasteiger partial charge >= 0.3 is 19.8 Å². The van der Waals surface area contributed by atoms with Gasteiger partial charge in [-0.3, -0.25) is 14.1 Å². The predicted octanol–water partition coefficient (Wildman–Crippen LogP) is 11.8. The quantitative estimate of drug-likeness (QED) is 0.0284. The van der Waals surface area contributed by atoms with Crippen LogP contribution in [-0.2, 0) is 28.2 Å². The van der Waals surface area contributed by atoms with E-state index < -0.39 is 32.5 Å². The standard InChI is InChI=1S/C39H75O8P/c1-3-5-7-9-11-13-15-17-18-19-20-22-23-25-27-29-31-33-38(40)45-35-37(36-46-48(42,43)44)47-39(41)34-32-30-28-26-24-21-16-14-12-10-8-6-4-2/h17-18,37H,3-16,19-36H2,1-2H3,(H2,42,43,44)/b18-17-/t37-/m1/s1. The van der Waals surface area contributed by atoms with Crippen molar-refractivity contribution in [1.82, 2.24) is 0 Å². The van der Waals surface area contributed by atoms with Crippen LogP contribution in [0.2, 0.25) is 0 Å². The van der Waals surface area contributed by atoms with Crippen molar-refractivity contribution >= 4 is 19.8 Å². The van der Waals surface area contributed by atoms with Crippen LogP contribution in [0.4, 0.5) is 0 Å². The lowest BCUT2D eigenvalue weighted by molar-refractivity contribution is -0.161. The Labute approximate surface area is 295 Å². The Morgan fingerprint density at radius 2 is 0.875 bits per heavy atom. The summed E-state index contributed by atoms with van der Waals surface area (Å²) in [5.74, 6) is -0.880. The fourth-order valence-corrected chi connectivity index (χ4v) is 6.14. The van der Waals surface area contributed by atoms with Gasteiger partial charge in [0, 0.05) is 12.8 Å². The SMILES string of the molecule is CCCCCCCC/C=C\CCCCCCCCCC(=O)OC[C@H](COP(=O)(O)O)OC(=O)CCCCCCCCCCCCCCC. The first kappa shape index (κ1) is 46.8.